The molecule has 0 aromatic heterocycles. The molecule has 0 amide bonds. The SMILES string of the molecule is CCN(CC)P(=O)(/C(F)=C(\F)Br)N(CC)CC. The second-order valence-corrected chi connectivity index (χ2v) is 6.68. The van der Waals surface area contributed by atoms with Gasteiger partial charge >= 0.3 is 0 Å². The molecule has 0 N–H and O–H groups in total. The molecule has 102 valence electrons. The van der Waals surface area contributed by atoms with Crippen molar-refractivity contribution in [2.45, 2.75) is 27.7 Å². The smallest absolute Gasteiger partial charge is 0.277 e. The quantitative estimate of drug-likeness (QED) is 0.648. The molecule has 0 aliphatic rings. The van der Waals surface area contributed by atoms with Crippen molar-refractivity contribution < 1.29 is 13.3 Å². The first-order valence-corrected chi connectivity index (χ1v) is 8.12. The third-order valence-corrected chi connectivity index (χ3v) is 6.67. The van der Waals surface area contributed by atoms with Crippen molar-refractivity contribution in [3.05, 3.63) is 10.3 Å². The van der Waals surface area contributed by atoms with Gasteiger partial charge in [-0.15, -0.1) is 0 Å². The second kappa shape index (κ2) is 7.62. The molecule has 3 nitrogen and oxygen atoms in total. The first-order valence-electron chi connectivity index (χ1n) is 5.72. The van der Waals surface area contributed by atoms with Crippen LogP contribution < -0.4 is 0 Å². The fourth-order valence-corrected chi connectivity index (χ4v) is 5.05. The first-order chi connectivity index (χ1) is 7.89. The molecule has 7 heteroatoms. The summed E-state index contributed by atoms with van der Waals surface area (Å²) in [6.45, 7) is 8.71. The molecule has 0 unspecified atom stereocenters. The molecular weight excluding hydrogens is 313 g/mol. The Morgan fingerprint density at radius 3 is 1.47 bits per heavy atom. The molecule has 0 fully saturated rings. The topological polar surface area (TPSA) is 23.6 Å². The van der Waals surface area contributed by atoms with E-state index in [-0.39, 0.29) is 0 Å². The largest absolute Gasteiger partial charge is 0.281 e. The lowest BCUT2D eigenvalue weighted by atomic mass is 10.7. The third kappa shape index (κ3) is 3.60. The summed E-state index contributed by atoms with van der Waals surface area (Å²) in [5.74, 6) is 0. The Morgan fingerprint density at radius 2 is 1.29 bits per heavy atom. The predicted octanol–water partition coefficient (Wildman–Crippen LogP) is 4.32. The van der Waals surface area contributed by atoms with Crippen molar-refractivity contribution >= 4 is 23.4 Å². The van der Waals surface area contributed by atoms with Gasteiger partial charge in [0.15, 0.2) is 0 Å². The van der Waals surface area contributed by atoms with Gasteiger partial charge in [-0.05, 0) is 15.9 Å². The zero-order chi connectivity index (χ0) is 13.6. The monoisotopic (exact) mass is 332 g/mol. The zero-order valence-electron chi connectivity index (χ0n) is 10.7. The van der Waals surface area contributed by atoms with E-state index in [1.165, 1.54) is 9.34 Å². The van der Waals surface area contributed by atoms with E-state index in [9.17, 15) is 13.3 Å². The van der Waals surface area contributed by atoms with Crippen molar-refractivity contribution in [2.24, 2.45) is 0 Å². The molecule has 0 aromatic carbocycles. The number of halogens is 3. The molecule has 0 bridgehead atoms. The number of nitrogens with zero attached hydrogens (tertiary/aromatic N) is 2. The lowest BCUT2D eigenvalue weighted by Gasteiger charge is -2.36. The molecule has 0 saturated carbocycles. The summed E-state index contributed by atoms with van der Waals surface area (Å²) in [5, 5.41) is 0. The molecule has 0 spiro atoms. The predicted molar refractivity (Wildman–Crippen MR) is 71.6 cm³/mol. The maximum Gasteiger partial charge on any atom is 0.277 e. The Hall–Kier alpha value is 0.230. The standard InChI is InChI=1S/C10H20BrF2N2OP/c1-5-14(6-2)17(16,10(13)9(11)12)15(7-3)8-4/h5-8H2,1-4H3/b10-9-. The van der Waals surface area contributed by atoms with Crippen LogP contribution in [0.5, 0.6) is 0 Å². The Labute approximate surface area is 110 Å². The highest BCUT2D eigenvalue weighted by Gasteiger charge is 2.41. The fraction of sp³-hybridized carbons (Fsp3) is 0.800. The van der Waals surface area contributed by atoms with Crippen LogP contribution in [0.2, 0.25) is 0 Å². The minimum Gasteiger partial charge on any atom is -0.281 e. The summed E-state index contributed by atoms with van der Waals surface area (Å²) in [7, 11) is -3.63. The molecule has 0 aliphatic heterocycles. The van der Waals surface area contributed by atoms with Crippen LogP contribution in [0.3, 0.4) is 0 Å². The van der Waals surface area contributed by atoms with E-state index in [0.717, 1.165) is 0 Å². The molecule has 0 radical (unpaired) electrons. The number of hydrogen-bond donors (Lipinski definition) is 0. The summed E-state index contributed by atoms with van der Waals surface area (Å²) in [6.07, 6.45) is 0. The van der Waals surface area contributed by atoms with Gasteiger partial charge in [0.25, 0.3) is 7.44 Å². The van der Waals surface area contributed by atoms with Crippen molar-refractivity contribution in [3.63, 3.8) is 0 Å². The zero-order valence-corrected chi connectivity index (χ0v) is 13.2. The lowest BCUT2D eigenvalue weighted by Crippen LogP contribution is -2.32. The highest BCUT2D eigenvalue weighted by Crippen LogP contribution is 2.61. The highest BCUT2D eigenvalue weighted by molar-refractivity contribution is 9.11. The summed E-state index contributed by atoms with van der Waals surface area (Å²) in [5.41, 5.74) is -1.20. The molecule has 0 heterocycles. The van der Waals surface area contributed by atoms with Crippen LogP contribution in [-0.2, 0) is 4.57 Å². The van der Waals surface area contributed by atoms with Crippen LogP contribution in [0.15, 0.2) is 10.3 Å². The van der Waals surface area contributed by atoms with Gasteiger partial charge in [0.2, 0.25) is 10.3 Å². The number of rotatable bonds is 7. The average molecular weight is 333 g/mol. The van der Waals surface area contributed by atoms with E-state index in [1.54, 1.807) is 27.7 Å². The first kappa shape index (κ1) is 17.2. The van der Waals surface area contributed by atoms with E-state index >= 15 is 0 Å². The highest BCUT2D eigenvalue weighted by atomic mass is 79.9. The number of hydrogen-bond acceptors (Lipinski definition) is 1. The summed E-state index contributed by atoms with van der Waals surface area (Å²) in [6, 6.07) is 0. The van der Waals surface area contributed by atoms with Crippen LogP contribution in [0, 0.1) is 0 Å². The van der Waals surface area contributed by atoms with Gasteiger partial charge in [-0.1, -0.05) is 27.7 Å². The van der Waals surface area contributed by atoms with Crippen LogP contribution in [0.25, 0.3) is 0 Å². The van der Waals surface area contributed by atoms with Crippen LogP contribution >= 0.6 is 23.4 Å². The second-order valence-electron chi connectivity index (χ2n) is 3.37. The molecular formula is C10H20BrF2N2OP. The molecule has 0 aliphatic carbocycles. The van der Waals surface area contributed by atoms with Crippen molar-refractivity contribution in [3.8, 4) is 0 Å². The molecule has 17 heavy (non-hydrogen) atoms. The van der Waals surface area contributed by atoms with Crippen LogP contribution in [0.4, 0.5) is 8.78 Å². The maximum absolute atomic E-state index is 13.9. The molecule has 0 atom stereocenters. The Kier molecular flexibility index (Phi) is 7.72. The van der Waals surface area contributed by atoms with E-state index in [4.69, 9.17) is 0 Å². The van der Waals surface area contributed by atoms with Gasteiger partial charge in [-0.2, -0.15) is 8.78 Å². The van der Waals surface area contributed by atoms with Crippen LogP contribution in [0.1, 0.15) is 27.7 Å². The lowest BCUT2D eigenvalue weighted by molar-refractivity contribution is 0.354. The summed E-state index contributed by atoms with van der Waals surface area (Å²) in [4.78, 5) is 0. The summed E-state index contributed by atoms with van der Waals surface area (Å²) < 4.78 is 41.6. The van der Waals surface area contributed by atoms with Crippen molar-refractivity contribution in [1.29, 1.82) is 0 Å². The van der Waals surface area contributed by atoms with Gasteiger partial charge in [0.05, 0.1) is 0 Å². The Balaban J connectivity index is 5.67. The molecule has 0 saturated heterocycles. The van der Waals surface area contributed by atoms with Crippen molar-refractivity contribution in [2.75, 3.05) is 26.2 Å². The van der Waals surface area contributed by atoms with E-state index in [1.807, 2.05) is 0 Å². The van der Waals surface area contributed by atoms with E-state index in [2.05, 4.69) is 15.9 Å². The fourth-order valence-electron chi connectivity index (χ4n) is 1.75. The summed E-state index contributed by atoms with van der Waals surface area (Å²) >= 11 is 2.44. The third-order valence-electron chi connectivity index (χ3n) is 2.64. The Bertz CT molecular complexity index is 297. The van der Waals surface area contributed by atoms with Gasteiger partial charge < -0.3 is 0 Å². The minimum atomic E-state index is -3.63. The van der Waals surface area contributed by atoms with Gasteiger partial charge in [0, 0.05) is 26.2 Å². The van der Waals surface area contributed by atoms with E-state index in [0.29, 0.717) is 26.2 Å². The van der Waals surface area contributed by atoms with Gasteiger partial charge in [0.1, 0.15) is 0 Å². The van der Waals surface area contributed by atoms with Crippen LogP contribution in [-0.4, -0.2) is 35.5 Å². The Morgan fingerprint density at radius 1 is 1.00 bits per heavy atom. The van der Waals surface area contributed by atoms with Gasteiger partial charge in [-0.3, -0.25) is 4.57 Å². The molecule has 0 aromatic rings. The van der Waals surface area contributed by atoms with E-state index < -0.39 is 17.7 Å². The molecule has 0 rings (SSSR count). The maximum atomic E-state index is 13.9. The minimum absolute atomic E-state index is 0.401. The average Bonchev–Trinajstić information content (AvgIpc) is 2.30. The van der Waals surface area contributed by atoms with Gasteiger partial charge in [-0.25, -0.2) is 9.34 Å². The van der Waals surface area contributed by atoms with Crippen molar-refractivity contribution in [1.82, 2.24) is 9.34 Å². The normalized spacial score (nSPS) is 14.4.